The van der Waals surface area contributed by atoms with Crippen molar-refractivity contribution >= 4 is 17.0 Å². The molecule has 0 radical (unpaired) electrons. The first kappa shape index (κ1) is 13.3. The summed E-state index contributed by atoms with van der Waals surface area (Å²) in [6.07, 6.45) is 2.12. The number of aromatic carboxylic acids is 1. The quantitative estimate of drug-likeness (QED) is 0.798. The van der Waals surface area contributed by atoms with E-state index in [1.165, 1.54) is 5.56 Å². The summed E-state index contributed by atoms with van der Waals surface area (Å²) < 4.78 is 1.58. The maximum Gasteiger partial charge on any atom is 0.337 e. The van der Waals surface area contributed by atoms with Gasteiger partial charge in [-0.25, -0.2) is 9.48 Å². The van der Waals surface area contributed by atoms with Crippen LogP contribution in [-0.2, 0) is 6.42 Å². The molecular formula is C16H15N3O2. The number of aryl methyl sites for hydroxylation is 1. The van der Waals surface area contributed by atoms with Gasteiger partial charge in [0.15, 0.2) is 0 Å². The number of fused-ring (bicyclic) bond motifs is 1. The average Bonchev–Trinajstić information content (AvgIpc) is 2.92. The first-order valence-corrected chi connectivity index (χ1v) is 6.87. The maximum atomic E-state index is 11.4. The Bertz CT molecular complexity index is 791. The van der Waals surface area contributed by atoms with Crippen LogP contribution in [0.25, 0.3) is 16.7 Å². The van der Waals surface area contributed by atoms with Crippen molar-refractivity contribution < 1.29 is 9.90 Å². The lowest BCUT2D eigenvalue weighted by molar-refractivity contribution is 0.0698. The first-order chi connectivity index (χ1) is 10.2. The number of nitrogens with zero attached hydrogens (tertiary/aromatic N) is 3. The highest BCUT2D eigenvalue weighted by Crippen LogP contribution is 2.21. The van der Waals surface area contributed by atoms with E-state index in [0.29, 0.717) is 11.0 Å². The molecule has 2 aromatic carbocycles. The Morgan fingerprint density at radius 3 is 2.62 bits per heavy atom. The van der Waals surface area contributed by atoms with E-state index in [1.54, 1.807) is 22.9 Å². The van der Waals surface area contributed by atoms with Crippen LogP contribution in [0.15, 0.2) is 42.5 Å². The third kappa shape index (κ3) is 2.38. The second-order valence-corrected chi connectivity index (χ2v) is 4.90. The topological polar surface area (TPSA) is 68.0 Å². The van der Waals surface area contributed by atoms with E-state index in [9.17, 15) is 9.90 Å². The zero-order valence-corrected chi connectivity index (χ0v) is 11.7. The lowest BCUT2D eigenvalue weighted by Gasteiger charge is -2.05. The summed E-state index contributed by atoms with van der Waals surface area (Å²) in [5, 5.41) is 17.5. The third-order valence-electron chi connectivity index (χ3n) is 3.42. The van der Waals surface area contributed by atoms with Crippen molar-refractivity contribution in [2.75, 3.05) is 0 Å². The van der Waals surface area contributed by atoms with Crippen LogP contribution in [0.1, 0.15) is 29.3 Å². The van der Waals surface area contributed by atoms with Crippen LogP contribution in [0.2, 0.25) is 0 Å². The summed E-state index contributed by atoms with van der Waals surface area (Å²) in [6, 6.07) is 13.0. The molecule has 0 bridgehead atoms. The summed E-state index contributed by atoms with van der Waals surface area (Å²) in [5.41, 5.74) is 3.37. The molecule has 0 fully saturated rings. The van der Waals surface area contributed by atoms with Gasteiger partial charge in [0.2, 0.25) is 0 Å². The second kappa shape index (κ2) is 5.36. The van der Waals surface area contributed by atoms with Crippen molar-refractivity contribution in [3.8, 4) is 5.69 Å². The standard InChI is InChI=1S/C16H15N3O2/c1-2-4-11-7-9-12(10-8-11)19-15-13(16(20)21)5-3-6-14(15)17-18-19/h3,5-10H,2,4H2,1H3,(H,20,21). The summed E-state index contributed by atoms with van der Waals surface area (Å²) in [6.45, 7) is 2.14. The van der Waals surface area contributed by atoms with Gasteiger partial charge in [0.25, 0.3) is 0 Å². The van der Waals surface area contributed by atoms with Crippen LogP contribution >= 0.6 is 0 Å². The molecule has 5 heteroatoms. The molecule has 5 nitrogen and oxygen atoms in total. The Morgan fingerprint density at radius 2 is 1.95 bits per heavy atom. The second-order valence-electron chi connectivity index (χ2n) is 4.90. The summed E-state index contributed by atoms with van der Waals surface area (Å²) in [5.74, 6) is -0.980. The molecule has 1 N–H and O–H groups in total. The van der Waals surface area contributed by atoms with E-state index in [2.05, 4.69) is 17.2 Å². The average molecular weight is 281 g/mol. The number of hydrogen-bond donors (Lipinski definition) is 1. The SMILES string of the molecule is CCCc1ccc(-n2nnc3cccc(C(=O)O)c32)cc1. The van der Waals surface area contributed by atoms with Gasteiger partial charge < -0.3 is 5.11 Å². The number of carbonyl (C=O) groups is 1. The van der Waals surface area contributed by atoms with Gasteiger partial charge in [0, 0.05) is 0 Å². The van der Waals surface area contributed by atoms with Crippen molar-refractivity contribution in [1.82, 2.24) is 15.0 Å². The van der Waals surface area contributed by atoms with Crippen molar-refractivity contribution in [1.29, 1.82) is 0 Å². The molecule has 106 valence electrons. The zero-order valence-electron chi connectivity index (χ0n) is 11.7. The van der Waals surface area contributed by atoms with Crippen LogP contribution in [0.5, 0.6) is 0 Å². The molecule has 0 atom stereocenters. The van der Waals surface area contributed by atoms with Crippen LogP contribution in [0.3, 0.4) is 0 Å². The molecule has 0 aliphatic rings. The molecule has 0 aliphatic carbocycles. The van der Waals surface area contributed by atoms with E-state index in [0.717, 1.165) is 18.5 Å². The smallest absolute Gasteiger partial charge is 0.337 e. The molecule has 21 heavy (non-hydrogen) atoms. The molecule has 1 aromatic heterocycles. The van der Waals surface area contributed by atoms with E-state index in [-0.39, 0.29) is 5.56 Å². The fourth-order valence-electron chi connectivity index (χ4n) is 2.42. The fourth-order valence-corrected chi connectivity index (χ4v) is 2.42. The summed E-state index contributed by atoms with van der Waals surface area (Å²) >= 11 is 0. The normalized spacial score (nSPS) is 10.9. The van der Waals surface area contributed by atoms with Crippen LogP contribution in [-0.4, -0.2) is 26.1 Å². The Hall–Kier alpha value is -2.69. The molecule has 1 heterocycles. The molecule has 0 aliphatic heterocycles. The van der Waals surface area contributed by atoms with E-state index in [4.69, 9.17) is 0 Å². The van der Waals surface area contributed by atoms with Gasteiger partial charge in [0.05, 0.1) is 11.3 Å². The van der Waals surface area contributed by atoms with Crippen molar-refractivity contribution in [3.63, 3.8) is 0 Å². The van der Waals surface area contributed by atoms with Crippen LogP contribution < -0.4 is 0 Å². The highest BCUT2D eigenvalue weighted by Gasteiger charge is 2.15. The van der Waals surface area contributed by atoms with Crippen molar-refractivity contribution in [3.05, 3.63) is 53.6 Å². The maximum absolute atomic E-state index is 11.4. The lowest BCUT2D eigenvalue weighted by atomic mass is 10.1. The van der Waals surface area contributed by atoms with Gasteiger partial charge in [-0.05, 0) is 36.2 Å². The van der Waals surface area contributed by atoms with Gasteiger partial charge in [-0.2, -0.15) is 0 Å². The Morgan fingerprint density at radius 1 is 1.19 bits per heavy atom. The Kier molecular flexibility index (Phi) is 3.39. The van der Waals surface area contributed by atoms with Gasteiger partial charge in [-0.15, -0.1) is 5.10 Å². The monoisotopic (exact) mass is 281 g/mol. The Balaban J connectivity index is 2.14. The molecule has 0 amide bonds. The van der Waals surface area contributed by atoms with Crippen molar-refractivity contribution in [2.24, 2.45) is 0 Å². The molecule has 3 rings (SSSR count). The third-order valence-corrected chi connectivity index (χ3v) is 3.42. The zero-order chi connectivity index (χ0) is 14.8. The van der Waals surface area contributed by atoms with E-state index in [1.807, 2.05) is 24.3 Å². The number of carboxylic acid groups (broad SMARTS) is 1. The van der Waals surface area contributed by atoms with Gasteiger partial charge in [0.1, 0.15) is 11.0 Å². The van der Waals surface area contributed by atoms with E-state index < -0.39 is 5.97 Å². The minimum absolute atomic E-state index is 0.204. The number of para-hydroxylation sites is 1. The largest absolute Gasteiger partial charge is 0.478 e. The number of carboxylic acids is 1. The number of hydrogen-bond acceptors (Lipinski definition) is 3. The van der Waals surface area contributed by atoms with Gasteiger partial charge in [-0.1, -0.05) is 36.8 Å². The van der Waals surface area contributed by atoms with Gasteiger partial charge >= 0.3 is 5.97 Å². The molecular weight excluding hydrogens is 266 g/mol. The minimum atomic E-state index is -0.980. The van der Waals surface area contributed by atoms with E-state index >= 15 is 0 Å². The highest BCUT2D eigenvalue weighted by atomic mass is 16.4. The predicted molar refractivity (Wildman–Crippen MR) is 79.8 cm³/mol. The molecule has 3 aromatic rings. The Labute approximate surface area is 121 Å². The number of aromatic nitrogens is 3. The van der Waals surface area contributed by atoms with Crippen molar-refractivity contribution in [2.45, 2.75) is 19.8 Å². The van der Waals surface area contributed by atoms with Crippen LogP contribution in [0.4, 0.5) is 0 Å². The summed E-state index contributed by atoms with van der Waals surface area (Å²) in [7, 11) is 0. The first-order valence-electron chi connectivity index (χ1n) is 6.87. The fraction of sp³-hybridized carbons (Fsp3) is 0.188. The highest BCUT2D eigenvalue weighted by molar-refractivity contribution is 6.01. The number of rotatable bonds is 4. The lowest BCUT2D eigenvalue weighted by Crippen LogP contribution is -2.03. The van der Waals surface area contributed by atoms with Gasteiger partial charge in [-0.3, -0.25) is 0 Å². The molecule has 0 spiro atoms. The van der Waals surface area contributed by atoms with Crippen LogP contribution in [0, 0.1) is 0 Å². The summed E-state index contributed by atoms with van der Waals surface area (Å²) in [4.78, 5) is 11.4. The molecule has 0 saturated heterocycles. The number of benzene rings is 2. The molecule has 0 saturated carbocycles. The predicted octanol–water partition coefficient (Wildman–Crippen LogP) is 3.07. The minimum Gasteiger partial charge on any atom is -0.478 e. The molecule has 0 unspecified atom stereocenters.